The fourth-order valence-electron chi connectivity index (χ4n) is 2.53. The Morgan fingerprint density at radius 1 is 1.29 bits per heavy atom. The third-order valence-electron chi connectivity index (χ3n) is 3.63. The lowest BCUT2D eigenvalue weighted by Crippen LogP contribution is -2.37. The summed E-state index contributed by atoms with van der Waals surface area (Å²) in [5, 5.41) is 13.0. The Bertz CT molecular complexity index is 197. The van der Waals surface area contributed by atoms with Gasteiger partial charge in [0.05, 0.1) is 18.8 Å². The fraction of sp³-hybridized carbons (Fsp3) is 1.00. The highest BCUT2D eigenvalue weighted by Gasteiger charge is 2.24. The molecular weight excluding hydrogens is 214 g/mol. The number of aliphatic hydroxyl groups is 1. The first kappa shape index (κ1) is 14.9. The van der Waals surface area contributed by atoms with E-state index in [4.69, 9.17) is 4.74 Å². The fourth-order valence-corrected chi connectivity index (χ4v) is 2.53. The summed E-state index contributed by atoms with van der Waals surface area (Å²) in [6.45, 7) is 7.51. The molecule has 3 heteroatoms. The average Bonchev–Trinajstić information content (AvgIpc) is 2.34. The molecule has 0 bridgehead atoms. The SMILES string of the molecule is CCC1CCCCC1OCC(O)CNC(C)C. The molecule has 0 amide bonds. The van der Waals surface area contributed by atoms with Crippen LogP contribution in [-0.4, -0.2) is 36.5 Å². The van der Waals surface area contributed by atoms with Gasteiger partial charge in [-0.3, -0.25) is 0 Å². The molecule has 2 N–H and O–H groups in total. The molecule has 3 nitrogen and oxygen atoms in total. The third-order valence-corrected chi connectivity index (χ3v) is 3.63. The number of rotatable bonds is 7. The minimum atomic E-state index is -0.378. The molecule has 0 spiro atoms. The number of hydrogen-bond donors (Lipinski definition) is 2. The maximum Gasteiger partial charge on any atom is 0.0897 e. The van der Waals surface area contributed by atoms with E-state index in [1.807, 2.05) is 0 Å². The molecular formula is C14H29NO2. The Labute approximate surface area is 106 Å². The summed E-state index contributed by atoms with van der Waals surface area (Å²) in [4.78, 5) is 0. The summed E-state index contributed by atoms with van der Waals surface area (Å²) in [7, 11) is 0. The Balaban J connectivity index is 2.19. The first-order valence-corrected chi connectivity index (χ1v) is 7.16. The van der Waals surface area contributed by atoms with Gasteiger partial charge < -0.3 is 15.2 Å². The molecule has 1 fully saturated rings. The molecule has 0 saturated heterocycles. The van der Waals surface area contributed by atoms with Crippen LogP contribution in [0.15, 0.2) is 0 Å². The van der Waals surface area contributed by atoms with Crippen molar-refractivity contribution in [1.82, 2.24) is 5.32 Å². The molecule has 0 aromatic carbocycles. The normalized spacial score (nSPS) is 27.4. The number of ether oxygens (including phenoxy) is 1. The van der Waals surface area contributed by atoms with Gasteiger partial charge >= 0.3 is 0 Å². The van der Waals surface area contributed by atoms with E-state index in [2.05, 4.69) is 26.1 Å². The molecule has 1 saturated carbocycles. The second-order valence-electron chi connectivity index (χ2n) is 5.54. The smallest absolute Gasteiger partial charge is 0.0897 e. The lowest BCUT2D eigenvalue weighted by Gasteiger charge is -2.31. The van der Waals surface area contributed by atoms with Crippen LogP contribution in [-0.2, 0) is 4.74 Å². The van der Waals surface area contributed by atoms with Crippen molar-refractivity contribution >= 4 is 0 Å². The zero-order valence-electron chi connectivity index (χ0n) is 11.6. The van der Waals surface area contributed by atoms with Crippen LogP contribution in [0.5, 0.6) is 0 Å². The standard InChI is InChI=1S/C14H29NO2/c1-4-12-7-5-6-8-14(12)17-10-13(16)9-15-11(2)3/h11-16H,4-10H2,1-3H3. The Kier molecular flexibility index (Phi) is 7.09. The predicted octanol–water partition coefficient (Wildman–Crippen LogP) is 2.33. The zero-order chi connectivity index (χ0) is 12.7. The maximum atomic E-state index is 9.80. The van der Waals surface area contributed by atoms with Crippen LogP contribution in [0.25, 0.3) is 0 Å². The molecule has 1 aliphatic carbocycles. The molecule has 1 aliphatic rings. The molecule has 0 aliphatic heterocycles. The monoisotopic (exact) mass is 243 g/mol. The van der Waals surface area contributed by atoms with Gasteiger partial charge in [0.2, 0.25) is 0 Å². The average molecular weight is 243 g/mol. The van der Waals surface area contributed by atoms with Crippen molar-refractivity contribution in [2.75, 3.05) is 13.2 Å². The largest absolute Gasteiger partial charge is 0.389 e. The van der Waals surface area contributed by atoms with E-state index >= 15 is 0 Å². The summed E-state index contributed by atoms with van der Waals surface area (Å²) < 4.78 is 5.89. The summed E-state index contributed by atoms with van der Waals surface area (Å²) in [6.07, 6.45) is 6.28. The van der Waals surface area contributed by atoms with Gasteiger partial charge in [-0.15, -0.1) is 0 Å². The zero-order valence-corrected chi connectivity index (χ0v) is 11.6. The summed E-state index contributed by atoms with van der Waals surface area (Å²) >= 11 is 0. The third kappa shape index (κ3) is 5.84. The number of nitrogens with one attached hydrogen (secondary N) is 1. The van der Waals surface area contributed by atoms with Crippen LogP contribution in [0.3, 0.4) is 0 Å². The van der Waals surface area contributed by atoms with E-state index in [1.54, 1.807) is 0 Å². The Morgan fingerprint density at radius 3 is 2.65 bits per heavy atom. The van der Waals surface area contributed by atoms with Gasteiger partial charge in [-0.1, -0.05) is 40.0 Å². The van der Waals surface area contributed by atoms with Gasteiger partial charge in [-0.2, -0.15) is 0 Å². The molecule has 1 rings (SSSR count). The van der Waals surface area contributed by atoms with Crippen molar-refractivity contribution in [2.45, 2.75) is 71.1 Å². The molecule has 3 atom stereocenters. The topological polar surface area (TPSA) is 41.5 Å². The second kappa shape index (κ2) is 8.06. The van der Waals surface area contributed by atoms with E-state index in [9.17, 15) is 5.11 Å². The quantitative estimate of drug-likeness (QED) is 0.721. The lowest BCUT2D eigenvalue weighted by atomic mass is 9.85. The van der Waals surface area contributed by atoms with Crippen molar-refractivity contribution < 1.29 is 9.84 Å². The van der Waals surface area contributed by atoms with Crippen LogP contribution in [0.4, 0.5) is 0 Å². The Morgan fingerprint density at radius 2 is 2.00 bits per heavy atom. The van der Waals surface area contributed by atoms with Gasteiger partial charge in [0, 0.05) is 12.6 Å². The van der Waals surface area contributed by atoms with Crippen LogP contribution < -0.4 is 5.32 Å². The maximum absolute atomic E-state index is 9.80. The van der Waals surface area contributed by atoms with Gasteiger partial charge in [0.15, 0.2) is 0 Å². The van der Waals surface area contributed by atoms with Gasteiger partial charge in [0.1, 0.15) is 0 Å². The van der Waals surface area contributed by atoms with Gasteiger partial charge in [0.25, 0.3) is 0 Å². The first-order chi connectivity index (χ1) is 8.13. The minimum absolute atomic E-state index is 0.377. The van der Waals surface area contributed by atoms with E-state index < -0.39 is 0 Å². The van der Waals surface area contributed by atoms with E-state index in [1.165, 1.54) is 32.1 Å². The highest BCUT2D eigenvalue weighted by Crippen LogP contribution is 2.29. The van der Waals surface area contributed by atoms with Crippen molar-refractivity contribution in [1.29, 1.82) is 0 Å². The van der Waals surface area contributed by atoms with Crippen LogP contribution in [0, 0.1) is 5.92 Å². The van der Waals surface area contributed by atoms with Crippen LogP contribution >= 0.6 is 0 Å². The van der Waals surface area contributed by atoms with Crippen molar-refractivity contribution in [3.05, 3.63) is 0 Å². The lowest BCUT2D eigenvalue weighted by molar-refractivity contribution is -0.0501. The van der Waals surface area contributed by atoms with E-state index in [-0.39, 0.29) is 6.10 Å². The molecule has 0 aromatic heterocycles. The van der Waals surface area contributed by atoms with Crippen molar-refractivity contribution in [2.24, 2.45) is 5.92 Å². The highest BCUT2D eigenvalue weighted by atomic mass is 16.5. The molecule has 0 aromatic rings. The summed E-state index contributed by atoms with van der Waals surface area (Å²) in [6, 6.07) is 0.419. The van der Waals surface area contributed by atoms with Crippen LogP contribution in [0.1, 0.15) is 52.9 Å². The van der Waals surface area contributed by atoms with E-state index in [0.717, 1.165) is 0 Å². The molecule has 0 radical (unpaired) electrons. The summed E-state index contributed by atoms with van der Waals surface area (Å²) in [5.41, 5.74) is 0. The van der Waals surface area contributed by atoms with Crippen molar-refractivity contribution in [3.63, 3.8) is 0 Å². The van der Waals surface area contributed by atoms with Gasteiger partial charge in [-0.25, -0.2) is 0 Å². The van der Waals surface area contributed by atoms with Gasteiger partial charge in [-0.05, 0) is 18.8 Å². The molecule has 102 valence electrons. The van der Waals surface area contributed by atoms with Crippen LogP contribution in [0.2, 0.25) is 0 Å². The van der Waals surface area contributed by atoms with E-state index in [0.29, 0.717) is 31.2 Å². The number of aliphatic hydroxyl groups excluding tert-OH is 1. The molecule has 3 unspecified atom stereocenters. The van der Waals surface area contributed by atoms with Crippen molar-refractivity contribution in [3.8, 4) is 0 Å². The summed E-state index contributed by atoms with van der Waals surface area (Å²) in [5.74, 6) is 0.703. The molecule has 0 heterocycles. The number of hydrogen-bond acceptors (Lipinski definition) is 3. The molecule has 17 heavy (non-hydrogen) atoms. The second-order valence-corrected chi connectivity index (χ2v) is 5.54. The minimum Gasteiger partial charge on any atom is -0.389 e. The highest BCUT2D eigenvalue weighted by molar-refractivity contribution is 4.75. The predicted molar refractivity (Wildman–Crippen MR) is 71.1 cm³/mol. The Hall–Kier alpha value is -0.120. The first-order valence-electron chi connectivity index (χ1n) is 7.16.